The quantitative estimate of drug-likeness (QED) is 0.275. The Morgan fingerprint density at radius 2 is 2.03 bits per heavy atom. The number of thioether (sulfide) groups is 1. The van der Waals surface area contributed by atoms with Gasteiger partial charge >= 0.3 is 0 Å². The van der Waals surface area contributed by atoms with E-state index in [-0.39, 0.29) is 16.6 Å². The molecule has 0 aliphatic carbocycles. The number of amides is 1. The first-order valence-electron chi connectivity index (χ1n) is 11.5. The summed E-state index contributed by atoms with van der Waals surface area (Å²) in [5, 5.41) is 22.4. The number of halogens is 1. The van der Waals surface area contributed by atoms with E-state index in [2.05, 4.69) is 12.2 Å². The molecule has 2 aliphatic heterocycles. The molecular formula is C25H22ClN5O4S. The number of carbonyl (C=O) groups excluding carboxylic acids is 1. The zero-order valence-corrected chi connectivity index (χ0v) is 20.9. The van der Waals surface area contributed by atoms with E-state index in [1.54, 1.807) is 23.2 Å². The maximum atomic E-state index is 13.2. The molecule has 1 atom stereocenters. The third-order valence-corrected chi connectivity index (χ3v) is 7.07. The van der Waals surface area contributed by atoms with E-state index in [0.717, 1.165) is 25.0 Å². The Morgan fingerprint density at radius 1 is 1.19 bits per heavy atom. The van der Waals surface area contributed by atoms with E-state index < -0.39 is 11.1 Å². The lowest BCUT2D eigenvalue weighted by molar-refractivity contribution is -0.384. The molecule has 1 aromatic heterocycles. The smallest absolute Gasteiger partial charge is 0.276 e. The number of benzene rings is 2. The molecule has 0 radical (unpaired) electrons. The average Bonchev–Trinajstić information content (AvgIpc) is 3.35. The zero-order chi connectivity index (χ0) is 25.2. The average molecular weight is 524 g/mol. The number of hydrogen-bond donors (Lipinski definition) is 1. The number of unbranched alkanes of at least 4 members (excludes halogenated alkanes) is 2. The van der Waals surface area contributed by atoms with Crippen molar-refractivity contribution in [3.8, 4) is 11.3 Å². The summed E-state index contributed by atoms with van der Waals surface area (Å²) in [7, 11) is 0. The predicted octanol–water partition coefficient (Wildman–Crippen LogP) is 4.57. The molecular weight excluding hydrogens is 502 g/mol. The number of non-ortho nitro benzene ring substituents is 1. The van der Waals surface area contributed by atoms with Gasteiger partial charge in [-0.2, -0.15) is 0 Å². The summed E-state index contributed by atoms with van der Waals surface area (Å²) in [6.45, 7) is 2.14. The van der Waals surface area contributed by atoms with Crippen LogP contribution >= 0.6 is 23.4 Å². The minimum absolute atomic E-state index is 0.105. The molecule has 0 saturated heterocycles. The van der Waals surface area contributed by atoms with Crippen LogP contribution in [0.25, 0.3) is 17.0 Å². The molecule has 1 amide bonds. The first-order chi connectivity index (χ1) is 17.5. The standard InChI is InChI=1S/C25H22ClN5O4S/c1-2-3-6-13-36-25-28-24(32)22-17-7-4-5-8-19(17)27-23(30(22)29-25)21-12-11-20(35-21)16-10-9-15(31(33)34)14-18(16)26/h4-5,7-12,14,23H,2-3,6,13H2,1H3,(H,28,29,32)/t23-/m1/s1. The van der Waals surface area contributed by atoms with E-state index >= 15 is 0 Å². The summed E-state index contributed by atoms with van der Waals surface area (Å²) in [4.78, 5) is 28.6. The van der Waals surface area contributed by atoms with Crippen molar-refractivity contribution in [3.05, 3.63) is 86.1 Å². The van der Waals surface area contributed by atoms with Crippen LogP contribution in [0.15, 0.2) is 69.1 Å². The molecule has 9 nitrogen and oxygen atoms in total. The lowest BCUT2D eigenvalue weighted by Crippen LogP contribution is -2.50. The van der Waals surface area contributed by atoms with Gasteiger partial charge in [-0.1, -0.05) is 61.3 Å². The molecule has 5 rings (SSSR count). The van der Waals surface area contributed by atoms with Crippen molar-refractivity contribution in [2.75, 3.05) is 5.75 Å². The van der Waals surface area contributed by atoms with Gasteiger partial charge in [-0.3, -0.25) is 20.2 Å². The van der Waals surface area contributed by atoms with Gasteiger partial charge < -0.3 is 4.42 Å². The summed E-state index contributed by atoms with van der Waals surface area (Å²) in [5.41, 5.74) is 0.808. The van der Waals surface area contributed by atoms with Crippen molar-refractivity contribution in [1.82, 2.24) is 10.3 Å². The van der Waals surface area contributed by atoms with Gasteiger partial charge in [0.1, 0.15) is 11.5 Å². The van der Waals surface area contributed by atoms with Crippen LogP contribution < -0.4 is 15.9 Å². The van der Waals surface area contributed by atoms with Crippen molar-refractivity contribution in [3.63, 3.8) is 0 Å². The van der Waals surface area contributed by atoms with Crippen molar-refractivity contribution in [2.24, 2.45) is 10.1 Å². The summed E-state index contributed by atoms with van der Waals surface area (Å²) in [5.74, 6) is 1.48. The van der Waals surface area contributed by atoms with Crippen molar-refractivity contribution in [2.45, 2.75) is 32.4 Å². The fourth-order valence-corrected chi connectivity index (χ4v) is 5.17. The second-order valence-corrected chi connectivity index (χ2v) is 9.74. The molecule has 3 heterocycles. The Morgan fingerprint density at radius 3 is 2.81 bits per heavy atom. The summed E-state index contributed by atoms with van der Waals surface area (Å²) in [6, 6.07) is 15.1. The molecule has 1 N–H and O–H groups in total. The fraction of sp³-hybridized carbons (Fsp3) is 0.240. The van der Waals surface area contributed by atoms with Gasteiger partial charge in [0.25, 0.3) is 11.6 Å². The van der Waals surface area contributed by atoms with Gasteiger partial charge in [-0.05, 0) is 30.7 Å². The molecule has 184 valence electrons. The Bertz CT molecular complexity index is 1500. The number of hydrazone groups is 1. The van der Waals surface area contributed by atoms with Gasteiger partial charge in [0.2, 0.25) is 6.17 Å². The second-order valence-electron chi connectivity index (χ2n) is 8.25. The van der Waals surface area contributed by atoms with E-state index in [4.69, 9.17) is 26.1 Å². The van der Waals surface area contributed by atoms with Crippen LogP contribution in [0.4, 0.5) is 5.69 Å². The Kier molecular flexibility index (Phi) is 6.80. The summed E-state index contributed by atoms with van der Waals surface area (Å²) < 4.78 is 6.13. The number of amidine groups is 1. The van der Waals surface area contributed by atoms with E-state index in [9.17, 15) is 14.9 Å². The van der Waals surface area contributed by atoms with Crippen LogP contribution in [0.1, 0.15) is 38.1 Å². The van der Waals surface area contributed by atoms with Gasteiger partial charge in [0, 0.05) is 28.7 Å². The maximum Gasteiger partial charge on any atom is 0.276 e. The third-order valence-electron chi connectivity index (χ3n) is 5.81. The lowest BCUT2D eigenvalue weighted by atomic mass is 10.1. The fourth-order valence-electron chi connectivity index (χ4n) is 4.05. The van der Waals surface area contributed by atoms with Crippen LogP contribution in [-0.4, -0.2) is 26.8 Å². The number of para-hydroxylation sites is 1. The first-order valence-corrected chi connectivity index (χ1v) is 12.9. The molecule has 36 heavy (non-hydrogen) atoms. The number of carbonyl (C=O) groups is 1. The van der Waals surface area contributed by atoms with Gasteiger partial charge in [0.05, 0.1) is 15.3 Å². The number of rotatable bonds is 7. The normalized spacial score (nSPS) is 16.6. The summed E-state index contributed by atoms with van der Waals surface area (Å²) in [6.07, 6.45) is 2.54. The third kappa shape index (κ3) is 4.61. The molecule has 0 bridgehead atoms. The Labute approximate surface area is 215 Å². The highest BCUT2D eigenvalue weighted by Gasteiger charge is 2.36. The molecule has 0 unspecified atom stereocenters. The van der Waals surface area contributed by atoms with Crippen molar-refractivity contribution in [1.29, 1.82) is 0 Å². The minimum Gasteiger partial charge on any atom is -0.457 e. The number of nitrogens with zero attached hydrogens (tertiary/aromatic N) is 4. The predicted molar refractivity (Wildman–Crippen MR) is 139 cm³/mol. The largest absolute Gasteiger partial charge is 0.457 e. The monoisotopic (exact) mass is 523 g/mol. The van der Waals surface area contributed by atoms with Gasteiger partial charge in [-0.15, -0.1) is 5.10 Å². The number of furan rings is 1. The first kappa shape index (κ1) is 24.1. The van der Waals surface area contributed by atoms with Crippen molar-refractivity contribution >= 4 is 45.8 Å². The Balaban J connectivity index is 1.53. The Hall–Kier alpha value is -3.63. The van der Waals surface area contributed by atoms with Crippen LogP contribution in [-0.2, 0) is 4.79 Å². The van der Waals surface area contributed by atoms with Crippen LogP contribution in [0.5, 0.6) is 0 Å². The maximum absolute atomic E-state index is 13.2. The topological polar surface area (TPSA) is 113 Å². The lowest BCUT2D eigenvalue weighted by Gasteiger charge is -2.32. The highest BCUT2D eigenvalue weighted by atomic mass is 35.5. The number of nitro benzene ring substituents is 1. The summed E-state index contributed by atoms with van der Waals surface area (Å²) >= 11 is 7.81. The van der Waals surface area contributed by atoms with Gasteiger partial charge in [0.15, 0.2) is 10.9 Å². The van der Waals surface area contributed by atoms with Crippen LogP contribution in [0, 0.1) is 10.1 Å². The SMILES string of the molecule is CCCCCSC1=NN2C(=c3ccccc3=N[C@H]2c2ccc(-c3ccc([N+](=O)[O-])cc3Cl)o2)C(=O)N1. The molecule has 3 aromatic rings. The molecule has 2 aromatic carbocycles. The number of hydrogen-bond acceptors (Lipinski definition) is 8. The molecule has 0 fully saturated rings. The highest BCUT2D eigenvalue weighted by molar-refractivity contribution is 8.13. The zero-order valence-electron chi connectivity index (χ0n) is 19.3. The molecule has 2 aliphatic rings. The molecule has 0 saturated carbocycles. The number of nitrogens with one attached hydrogen (secondary N) is 1. The van der Waals surface area contributed by atoms with Crippen molar-refractivity contribution < 1.29 is 14.1 Å². The van der Waals surface area contributed by atoms with Crippen LogP contribution in [0.3, 0.4) is 0 Å². The van der Waals surface area contributed by atoms with E-state index in [1.807, 2.05) is 24.3 Å². The number of nitro groups is 1. The molecule has 0 spiro atoms. The van der Waals surface area contributed by atoms with Gasteiger partial charge in [-0.25, -0.2) is 10.0 Å². The number of fused-ring (bicyclic) bond motifs is 2. The van der Waals surface area contributed by atoms with E-state index in [1.165, 1.54) is 23.9 Å². The minimum atomic E-state index is -0.710. The highest BCUT2D eigenvalue weighted by Crippen LogP contribution is 2.37. The van der Waals surface area contributed by atoms with E-state index in [0.29, 0.717) is 38.5 Å². The van der Waals surface area contributed by atoms with Crippen LogP contribution in [0.2, 0.25) is 5.02 Å². The second kappa shape index (κ2) is 10.2. The molecule has 11 heteroatoms.